The summed E-state index contributed by atoms with van der Waals surface area (Å²) in [4.78, 5) is 23.0. The van der Waals surface area contributed by atoms with E-state index in [4.69, 9.17) is 5.11 Å². The molecule has 0 unspecified atom stereocenters. The molecule has 2 atom stereocenters. The van der Waals surface area contributed by atoms with Gasteiger partial charge in [-0.3, -0.25) is 9.59 Å². The second-order valence-electron chi connectivity index (χ2n) is 5.89. The molecular weight excluding hydrogens is 299 g/mol. The van der Waals surface area contributed by atoms with Crippen molar-refractivity contribution in [2.45, 2.75) is 37.4 Å². The quantitative estimate of drug-likeness (QED) is 0.840. The highest BCUT2D eigenvalue weighted by atomic mass is 19.4. The first kappa shape index (κ1) is 14.9. The van der Waals surface area contributed by atoms with Crippen LogP contribution in [0.3, 0.4) is 0 Å². The molecule has 0 heterocycles. The lowest BCUT2D eigenvalue weighted by atomic mass is 10.0. The summed E-state index contributed by atoms with van der Waals surface area (Å²) in [6.45, 7) is 0. The molecule has 22 heavy (non-hydrogen) atoms. The lowest BCUT2D eigenvalue weighted by Gasteiger charge is -2.14. The van der Waals surface area contributed by atoms with Crippen molar-refractivity contribution in [1.82, 2.24) is 5.32 Å². The van der Waals surface area contributed by atoms with Gasteiger partial charge < -0.3 is 10.4 Å². The van der Waals surface area contributed by atoms with Gasteiger partial charge in [-0.25, -0.2) is 0 Å². The van der Waals surface area contributed by atoms with E-state index in [0.29, 0.717) is 6.42 Å². The highest BCUT2D eigenvalue weighted by Gasteiger charge is 2.58. The molecule has 0 aromatic heterocycles. The monoisotopic (exact) mass is 313 g/mol. The zero-order valence-corrected chi connectivity index (χ0v) is 11.5. The Hall–Kier alpha value is -2.05. The first-order chi connectivity index (χ1) is 10.3. The number of rotatable bonds is 4. The Kier molecular flexibility index (Phi) is 3.19. The zero-order chi connectivity index (χ0) is 16.1. The molecule has 2 aliphatic carbocycles. The van der Waals surface area contributed by atoms with Crippen LogP contribution in [0, 0.1) is 5.41 Å². The number of halogens is 3. The van der Waals surface area contributed by atoms with Crippen LogP contribution in [-0.4, -0.2) is 23.0 Å². The van der Waals surface area contributed by atoms with Crippen molar-refractivity contribution >= 4 is 11.9 Å². The number of carboxylic acids is 1. The van der Waals surface area contributed by atoms with Crippen molar-refractivity contribution in [1.29, 1.82) is 0 Å². The number of carbonyl (C=O) groups is 2. The molecule has 1 aromatic rings. The number of nitrogens with one attached hydrogen (secondary N) is 1. The standard InChI is InChI=1S/C15H14F3NO3/c16-15(17,18)10-4-2-1-3-8(10)9-7-11(9)19-12(20)14(5-6-14)13(21)22/h1-4,9,11H,5-7H2,(H,19,20)(H,21,22)/t9-,11-/m0/s1. The van der Waals surface area contributed by atoms with E-state index in [1.165, 1.54) is 18.2 Å². The Labute approximate surface area is 124 Å². The van der Waals surface area contributed by atoms with Gasteiger partial charge in [0, 0.05) is 12.0 Å². The van der Waals surface area contributed by atoms with E-state index in [1.54, 1.807) is 0 Å². The van der Waals surface area contributed by atoms with Gasteiger partial charge in [0.05, 0.1) is 5.56 Å². The Morgan fingerprint density at radius 3 is 2.41 bits per heavy atom. The van der Waals surface area contributed by atoms with E-state index in [9.17, 15) is 22.8 Å². The topological polar surface area (TPSA) is 66.4 Å². The number of carbonyl (C=O) groups excluding carboxylic acids is 1. The third-order valence-corrected chi connectivity index (χ3v) is 4.37. The van der Waals surface area contributed by atoms with Crippen LogP contribution in [-0.2, 0) is 15.8 Å². The second kappa shape index (κ2) is 4.72. The lowest BCUT2D eigenvalue weighted by Crippen LogP contribution is -2.38. The molecule has 1 aromatic carbocycles. The molecule has 4 nitrogen and oxygen atoms in total. The number of alkyl halides is 3. The molecule has 118 valence electrons. The fourth-order valence-electron chi connectivity index (χ4n) is 2.75. The van der Waals surface area contributed by atoms with Gasteiger partial charge in [0.25, 0.3) is 0 Å². The summed E-state index contributed by atoms with van der Waals surface area (Å²) >= 11 is 0. The number of hydrogen-bond acceptors (Lipinski definition) is 2. The molecular formula is C15H14F3NO3. The average molecular weight is 313 g/mol. The third kappa shape index (κ3) is 2.44. The van der Waals surface area contributed by atoms with Crippen molar-refractivity contribution < 1.29 is 27.9 Å². The molecule has 1 amide bonds. The predicted octanol–water partition coefficient (Wildman–Crippen LogP) is 2.54. The summed E-state index contributed by atoms with van der Waals surface area (Å²) in [7, 11) is 0. The van der Waals surface area contributed by atoms with Gasteiger partial charge in [0.1, 0.15) is 5.41 Å². The Balaban J connectivity index is 1.71. The van der Waals surface area contributed by atoms with E-state index < -0.39 is 41.0 Å². The summed E-state index contributed by atoms with van der Waals surface area (Å²) in [5.74, 6) is -2.17. The number of carboxylic acid groups (broad SMARTS) is 1. The van der Waals surface area contributed by atoms with E-state index in [-0.39, 0.29) is 18.4 Å². The SMILES string of the molecule is O=C(O)C1(C(=O)N[C@H]2C[C@H]2c2ccccc2C(F)(F)F)CC1. The summed E-state index contributed by atoms with van der Waals surface area (Å²) in [5, 5.41) is 11.6. The van der Waals surface area contributed by atoms with Crippen molar-refractivity contribution in [3.8, 4) is 0 Å². The molecule has 0 saturated heterocycles. The van der Waals surface area contributed by atoms with Crippen molar-refractivity contribution in [2.24, 2.45) is 5.41 Å². The Bertz CT molecular complexity index is 637. The minimum atomic E-state index is -4.44. The first-order valence-corrected chi connectivity index (χ1v) is 6.96. The highest BCUT2D eigenvalue weighted by Crippen LogP contribution is 2.49. The molecule has 2 fully saturated rings. The van der Waals surface area contributed by atoms with Gasteiger partial charge in [-0.05, 0) is 30.9 Å². The first-order valence-electron chi connectivity index (χ1n) is 6.96. The molecule has 2 aliphatic rings. The van der Waals surface area contributed by atoms with Crippen LogP contribution in [0.25, 0.3) is 0 Å². The zero-order valence-electron chi connectivity index (χ0n) is 11.5. The molecule has 0 spiro atoms. The Morgan fingerprint density at radius 2 is 1.86 bits per heavy atom. The minimum Gasteiger partial charge on any atom is -0.480 e. The van der Waals surface area contributed by atoms with Crippen LogP contribution in [0.15, 0.2) is 24.3 Å². The van der Waals surface area contributed by atoms with Crippen LogP contribution >= 0.6 is 0 Å². The fraction of sp³-hybridized carbons (Fsp3) is 0.467. The molecule has 0 aliphatic heterocycles. The summed E-state index contributed by atoms with van der Waals surface area (Å²) in [6, 6.07) is 4.86. The van der Waals surface area contributed by atoms with Crippen LogP contribution in [0.4, 0.5) is 13.2 Å². The largest absolute Gasteiger partial charge is 0.480 e. The summed E-state index contributed by atoms with van der Waals surface area (Å²) in [5.41, 5.74) is -1.91. The van der Waals surface area contributed by atoms with E-state index >= 15 is 0 Å². The number of aliphatic carboxylic acids is 1. The smallest absolute Gasteiger partial charge is 0.416 e. The van der Waals surface area contributed by atoms with Gasteiger partial charge in [0.15, 0.2) is 0 Å². The summed E-state index contributed by atoms with van der Waals surface area (Å²) in [6.07, 6.45) is -3.48. The fourth-order valence-corrected chi connectivity index (χ4v) is 2.75. The van der Waals surface area contributed by atoms with E-state index in [2.05, 4.69) is 5.32 Å². The van der Waals surface area contributed by atoms with Gasteiger partial charge in [-0.2, -0.15) is 13.2 Å². The van der Waals surface area contributed by atoms with Gasteiger partial charge in [-0.15, -0.1) is 0 Å². The summed E-state index contributed by atoms with van der Waals surface area (Å²) < 4.78 is 38.9. The molecule has 2 saturated carbocycles. The van der Waals surface area contributed by atoms with Crippen molar-refractivity contribution in [3.05, 3.63) is 35.4 Å². The maximum Gasteiger partial charge on any atom is 0.416 e. The molecule has 0 bridgehead atoms. The van der Waals surface area contributed by atoms with E-state index in [1.807, 2.05) is 0 Å². The maximum atomic E-state index is 13.0. The lowest BCUT2D eigenvalue weighted by molar-refractivity contribution is -0.149. The van der Waals surface area contributed by atoms with Gasteiger partial charge in [0.2, 0.25) is 5.91 Å². The van der Waals surface area contributed by atoms with Crippen LogP contribution in [0.2, 0.25) is 0 Å². The average Bonchev–Trinajstić information content (AvgIpc) is 3.32. The predicted molar refractivity (Wildman–Crippen MR) is 70.0 cm³/mol. The van der Waals surface area contributed by atoms with Crippen LogP contribution < -0.4 is 5.32 Å². The molecule has 3 rings (SSSR count). The van der Waals surface area contributed by atoms with Crippen LogP contribution in [0.5, 0.6) is 0 Å². The second-order valence-corrected chi connectivity index (χ2v) is 5.89. The van der Waals surface area contributed by atoms with Gasteiger partial charge >= 0.3 is 12.1 Å². The number of amides is 1. The van der Waals surface area contributed by atoms with Gasteiger partial charge in [-0.1, -0.05) is 18.2 Å². The highest BCUT2D eigenvalue weighted by molar-refractivity contribution is 6.05. The third-order valence-electron chi connectivity index (χ3n) is 4.37. The van der Waals surface area contributed by atoms with Crippen LogP contribution in [0.1, 0.15) is 36.3 Å². The number of benzene rings is 1. The van der Waals surface area contributed by atoms with Crippen molar-refractivity contribution in [3.63, 3.8) is 0 Å². The molecule has 0 radical (unpaired) electrons. The molecule has 2 N–H and O–H groups in total. The normalized spacial score (nSPS) is 25.4. The molecule has 7 heteroatoms. The maximum absolute atomic E-state index is 13.0. The minimum absolute atomic E-state index is 0.153. The number of hydrogen-bond donors (Lipinski definition) is 2. The van der Waals surface area contributed by atoms with E-state index in [0.717, 1.165) is 6.07 Å². The Morgan fingerprint density at radius 1 is 1.23 bits per heavy atom. The van der Waals surface area contributed by atoms with Crippen molar-refractivity contribution in [2.75, 3.05) is 0 Å².